The van der Waals surface area contributed by atoms with Crippen LogP contribution in [0.4, 0.5) is 8.78 Å². The largest absolute Gasteiger partial charge is 0.372 e. The zero-order chi connectivity index (χ0) is 19.2. The van der Waals surface area contributed by atoms with E-state index in [1.54, 1.807) is 6.92 Å². The summed E-state index contributed by atoms with van der Waals surface area (Å²) in [6, 6.07) is 11.1. The highest BCUT2D eigenvalue weighted by atomic mass is 32.2. The lowest BCUT2D eigenvalue weighted by atomic mass is 10.1. The molecule has 140 valence electrons. The van der Waals surface area contributed by atoms with E-state index in [0.29, 0.717) is 11.5 Å². The lowest BCUT2D eigenvalue weighted by Crippen LogP contribution is -2.44. The van der Waals surface area contributed by atoms with Crippen LogP contribution in [0.1, 0.15) is 30.0 Å². The Hall–Kier alpha value is -2.25. The Labute approximate surface area is 160 Å². The molecule has 0 aromatic heterocycles. The van der Waals surface area contributed by atoms with Gasteiger partial charge in [-0.3, -0.25) is 4.79 Å². The number of benzene rings is 2. The van der Waals surface area contributed by atoms with Gasteiger partial charge in [0.15, 0.2) is 0 Å². The molecule has 2 unspecified atom stereocenters. The molecule has 1 amide bonds. The number of rotatable bonds is 3. The number of amides is 1. The Bertz CT molecular complexity index is 949. The first-order chi connectivity index (χ1) is 13.0. The average molecular weight is 388 g/mol. The Morgan fingerprint density at radius 2 is 2.07 bits per heavy atom. The Kier molecular flexibility index (Phi) is 4.52. The second kappa shape index (κ2) is 6.73. The average Bonchev–Trinajstić information content (AvgIpc) is 3.25. The number of aryl methyl sites for hydroxylation is 1. The van der Waals surface area contributed by atoms with Gasteiger partial charge in [-0.25, -0.2) is 13.8 Å². The van der Waals surface area contributed by atoms with Gasteiger partial charge >= 0.3 is 0 Å². The minimum atomic E-state index is -0.769. The van der Waals surface area contributed by atoms with Gasteiger partial charge in [0.25, 0.3) is 5.91 Å². The fraction of sp³-hybridized carbons (Fsp3) is 0.300. The van der Waals surface area contributed by atoms with Crippen LogP contribution in [0.3, 0.4) is 0 Å². The summed E-state index contributed by atoms with van der Waals surface area (Å²) in [6.45, 7) is 1.65. The van der Waals surface area contributed by atoms with E-state index < -0.39 is 22.6 Å². The molecule has 0 bridgehead atoms. The standard InChI is InChI=1S/C20H18F2N2O2S/c1-12(26-2)19(25)24-20(10-9-13-5-3-4-6-16(13)20)27-18(23-24)15-11-14(21)7-8-17(15)22/h3-8,11-12H,9-10H2,1-2H3. The fourth-order valence-electron chi connectivity index (χ4n) is 3.55. The lowest BCUT2D eigenvalue weighted by Gasteiger charge is -2.33. The van der Waals surface area contributed by atoms with E-state index in [4.69, 9.17) is 4.74 Å². The fourth-order valence-corrected chi connectivity index (χ4v) is 4.99. The SMILES string of the molecule is COC(C)C(=O)N1N=C(c2cc(F)ccc2F)SC12CCc1ccccc12. The first-order valence-corrected chi connectivity index (χ1v) is 9.46. The summed E-state index contributed by atoms with van der Waals surface area (Å²) in [7, 11) is 1.46. The molecule has 0 saturated carbocycles. The van der Waals surface area contributed by atoms with Gasteiger partial charge in [0.05, 0.1) is 0 Å². The van der Waals surface area contributed by atoms with Gasteiger partial charge in [-0.15, -0.1) is 0 Å². The molecule has 1 aliphatic heterocycles. The van der Waals surface area contributed by atoms with Gasteiger partial charge < -0.3 is 4.74 Å². The number of hydrogen-bond donors (Lipinski definition) is 0. The van der Waals surface area contributed by atoms with Crippen molar-refractivity contribution in [1.29, 1.82) is 0 Å². The Balaban J connectivity index is 1.84. The van der Waals surface area contributed by atoms with Crippen molar-refractivity contribution in [1.82, 2.24) is 5.01 Å². The highest BCUT2D eigenvalue weighted by Crippen LogP contribution is 2.55. The van der Waals surface area contributed by atoms with E-state index in [9.17, 15) is 13.6 Å². The normalized spacial score (nSPS) is 22.1. The summed E-state index contributed by atoms with van der Waals surface area (Å²) in [6.07, 6.45) is 0.724. The quantitative estimate of drug-likeness (QED) is 0.797. The van der Waals surface area contributed by atoms with Crippen LogP contribution >= 0.6 is 11.8 Å². The maximum absolute atomic E-state index is 14.4. The molecular formula is C20H18F2N2O2S. The molecule has 1 aliphatic carbocycles. The van der Waals surface area contributed by atoms with Crippen molar-refractivity contribution in [3.05, 3.63) is 70.8 Å². The lowest BCUT2D eigenvalue weighted by molar-refractivity contribution is -0.144. The maximum Gasteiger partial charge on any atom is 0.273 e. The third-order valence-corrected chi connectivity index (χ3v) is 6.47. The first kappa shape index (κ1) is 18.1. The molecule has 0 saturated heterocycles. The number of methoxy groups -OCH3 is 1. The van der Waals surface area contributed by atoms with E-state index >= 15 is 0 Å². The minimum Gasteiger partial charge on any atom is -0.372 e. The van der Waals surface area contributed by atoms with Crippen LogP contribution in [0.2, 0.25) is 0 Å². The molecule has 2 aromatic carbocycles. The van der Waals surface area contributed by atoms with Gasteiger partial charge in [-0.05, 0) is 49.1 Å². The molecule has 1 heterocycles. The number of carbonyl (C=O) groups is 1. The molecule has 0 radical (unpaired) electrons. The van der Waals surface area contributed by atoms with E-state index in [0.717, 1.165) is 35.7 Å². The molecule has 4 nitrogen and oxygen atoms in total. The number of thioether (sulfide) groups is 1. The van der Waals surface area contributed by atoms with Gasteiger partial charge in [0.2, 0.25) is 0 Å². The van der Waals surface area contributed by atoms with Crippen molar-refractivity contribution in [2.24, 2.45) is 5.10 Å². The first-order valence-electron chi connectivity index (χ1n) is 8.64. The highest BCUT2D eigenvalue weighted by molar-refractivity contribution is 8.15. The Morgan fingerprint density at radius 1 is 1.30 bits per heavy atom. The number of fused-ring (bicyclic) bond motifs is 2. The molecule has 7 heteroatoms. The van der Waals surface area contributed by atoms with E-state index in [1.165, 1.54) is 23.9 Å². The number of carbonyl (C=O) groups excluding carboxylic acids is 1. The van der Waals surface area contributed by atoms with Crippen LogP contribution in [-0.4, -0.2) is 29.2 Å². The molecule has 2 aliphatic rings. The van der Waals surface area contributed by atoms with E-state index in [-0.39, 0.29) is 11.5 Å². The number of halogens is 2. The molecule has 2 atom stereocenters. The minimum absolute atomic E-state index is 0.0594. The van der Waals surface area contributed by atoms with Gasteiger partial charge in [-0.1, -0.05) is 36.0 Å². The number of nitrogens with zero attached hydrogens (tertiary/aromatic N) is 2. The van der Waals surface area contributed by atoms with Crippen molar-refractivity contribution >= 4 is 22.7 Å². The summed E-state index contributed by atoms with van der Waals surface area (Å²) in [5, 5.41) is 6.13. The molecule has 27 heavy (non-hydrogen) atoms. The van der Waals surface area contributed by atoms with Crippen LogP contribution in [0.5, 0.6) is 0 Å². The molecule has 0 N–H and O–H groups in total. The van der Waals surface area contributed by atoms with Crippen LogP contribution in [-0.2, 0) is 20.8 Å². The predicted octanol–water partition coefficient (Wildman–Crippen LogP) is 4.04. The molecule has 1 spiro atoms. The molecule has 2 aromatic rings. The zero-order valence-electron chi connectivity index (χ0n) is 14.9. The van der Waals surface area contributed by atoms with Gasteiger partial charge in [0, 0.05) is 12.7 Å². The second-order valence-electron chi connectivity index (χ2n) is 6.60. The van der Waals surface area contributed by atoms with Crippen LogP contribution in [0.25, 0.3) is 0 Å². The highest BCUT2D eigenvalue weighted by Gasteiger charge is 2.53. The topological polar surface area (TPSA) is 41.9 Å². The summed E-state index contributed by atoms with van der Waals surface area (Å²) >= 11 is 1.30. The smallest absolute Gasteiger partial charge is 0.273 e. The molecule has 0 fully saturated rings. The number of hydrazone groups is 1. The second-order valence-corrected chi connectivity index (χ2v) is 7.87. The van der Waals surface area contributed by atoms with Crippen molar-refractivity contribution < 1.29 is 18.3 Å². The summed E-state index contributed by atoms with van der Waals surface area (Å²) < 4.78 is 33.3. The van der Waals surface area contributed by atoms with Crippen LogP contribution < -0.4 is 0 Å². The molecule has 4 rings (SSSR count). The van der Waals surface area contributed by atoms with Gasteiger partial charge in [-0.2, -0.15) is 5.10 Å². The van der Waals surface area contributed by atoms with Gasteiger partial charge in [0.1, 0.15) is 27.7 Å². The number of ether oxygens (including phenoxy) is 1. The Morgan fingerprint density at radius 3 is 2.85 bits per heavy atom. The summed E-state index contributed by atoms with van der Waals surface area (Å²) in [5.41, 5.74) is 2.16. The summed E-state index contributed by atoms with van der Waals surface area (Å²) in [5.74, 6) is -1.43. The van der Waals surface area contributed by atoms with Crippen molar-refractivity contribution in [3.8, 4) is 0 Å². The van der Waals surface area contributed by atoms with Crippen molar-refractivity contribution in [2.75, 3.05) is 7.11 Å². The van der Waals surface area contributed by atoms with Crippen molar-refractivity contribution in [2.45, 2.75) is 30.7 Å². The summed E-state index contributed by atoms with van der Waals surface area (Å²) in [4.78, 5) is 12.2. The molecular weight excluding hydrogens is 370 g/mol. The predicted molar refractivity (Wildman–Crippen MR) is 100 cm³/mol. The third kappa shape index (κ3) is 2.85. The third-order valence-electron chi connectivity index (χ3n) is 5.04. The van der Waals surface area contributed by atoms with Crippen LogP contribution in [0, 0.1) is 11.6 Å². The van der Waals surface area contributed by atoms with Crippen molar-refractivity contribution in [3.63, 3.8) is 0 Å². The monoisotopic (exact) mass is 388 g/mol. The number of hydrogen-bond acceptors (Lipinski definition) is 4. The van der Waals surface area contributed by atoms with E-state index in [1.807, 2.05) is 24.3 Å². The zero-order valence-corrected chi connectivity index (χ0v) is 15.7. The van der Waals surface area contributed by atoms with E-state index in [2.05, 4.69) is 5.10 Å². The van der Waals surface area contributed by atoms with Crippen LogP contribution in [0.15, 0.2) is 47.6 Å². The maximum atomic E-state index is 14.4.